The molecule has 0 saturated carbocycles. The summed E-state index contributed by atoms with van der Waals surface area (Å²) < 4.78 is 5.00. The minimum atomic E-state index is 0.149. The van der Waals surface area contributed by atoms with E-state index in [-0.39, 0.29) is 12.5 Å². The van der Waals surface area contributed by atoms with E-state index in [1.807, 2.05) is 24.3 Å². The summed E-state index contributed by atoms with van der Waals surface area (Å²) in [6, 6.07) is 7.66. The number of rotatable bonds is 5. The molecule has 0 aliphatic heterocycles. The molecule has 0 amide bonds. The largest absolute Gasteiger partial charge is 0.396 e. The second kappa shape index (κ2) is 6.02. The topological polar surface area (TPSA) is 29.5 Å². The Hall–Kier alpha value is -0.570. The lowest BCUT2D eigenvalue weighted by molar-refractivity contribution is 0.110. The van der Waals surface area contributed by atoms with Crippen LogP contribution >= 0.6 is 11.6 Å². The molecule has 0 spiro atoms. The summed E-state index contributed by atoms with van der Waals surface area (Å²) in [5.74, 6) is 0.168. The lowest BCUT2D eigenvalue weighted by atomic mass is 10.0. The molecule has 0 fully saturated rings. The number of benzene rings is 1. The van der Waals surface area contributed by atoms with Crippen LogP contribution in [0.2, 0.25) is 5.02 Å². The van der Waals surface area contributed by atoms with Gasteiger partial charge in [0.25, 0.3) is 0 Å². The van der Waals surface area contributed by atoms with Crippen LogP contribution < -0.4 is 0 Å². The average Bonchev–Trinajstić information content (AvgIpc) is 2.20. The Kier molecular flexibility index (Phi) is 4.94. The van der Waals surface area contributed by atoms with E-state index in [9.17, 15) is 0 Å². The van der Waals surface area contributed by atoms with Crippen LogP contribution in [0.25, 0.3) is 0 Å². The third-order valence-electron chi connectivity index (χ3n) is 2.10. The summed E-state index contributed by atoms with van der Waals surface area (Å²) in [7, 11) is 1.64. The average molecular weight is 215 g/mol. The molecule has 0 saturated heterocycles. The molecule has 78 valence electrons. The van der Waals surface area contributed by atoms with Crippen LogP contribution in [0, 0.1) is 5.92 Å². The van der Waals surface area contributed by atoms with Gasteiger partial charge in [-0.3, -0.25) is 0 Å². The molecule has 2 nitrogen and oxygen atoms in total. The Labute approximate surface area is 89.5 Å². The molecule has 1 rings (SSSR count). The molecule has 0 aliphatic rings. The predicted molar refractivity (Wildman–Crippen MR) is 57.6 cm³/mol. The summed E-state index contributed by atoms with van der Waals surface area (Å²) in [6.07, 6.45) is 0.821. The normalized spacial score (nSPS) is 12.8. The van der Waals surface area contributed by atoms with E-state index in [0.717, 1.165) is 11.4 Å². The molecule has 0 aromatic heterocycles. The Morgan fingerprint density at radius 3 is 2.50 bits per heavy atom. The molecule has 1 atom stereocenters. The van der Waals surface area contributed by atoms with Crippen molar-refractivity contribution in [2.24, 2.45) is 5.92 Å². The van der Waals surface area contributed by atoms with E-state index >= 15 is 0 Å². The van der Waals surface area contributed by atoms with Crippen molar-refractivity contribution < 1.29 is 9.84 Å². The smallest absolute Gasteiger partial charge is 0.0515 e. The molecule has 1 unspecified atom stereocenters. The Morgan fingerprint density at radius 2 is 2.00 bits per heavy atom. The summed E-state index contributed by atoms with van der Waals surface area (Å²) in [5, 5.41) is 9.80. The number of hydrogen-bond acceptors (Lipinski definition) is 2. The maximum Gasteiger partial charge on any atom is 0.0515 e. The second-order valence-corrected chi connectivity index (χ2v) is 3.77. The Balaban J connectivity index is 2.53. The van der Waals surface area contributed by atoms with Gasteiger partial charge in [-0.1, -0.05) is 23.7 Å². The molecule has 1 aromatic rings. The van der Waals surface area contributed by atoms with Crippen molar-refractivity contribution in [1.82, 2.24) is 0 Å². The zero-order chi connectivity index (χ0) is 10.4. The van der Waals surface area contributed by atoms with E-state index in [1.54, 1.807) is 7.11 Å². The molecule has 3 heteroatoms. The van der Waals surface area contributed by atoms with Gasteiger partial charge in [0, 0.05) is 24.7 Å². The number of aliphatic hydroxyl groups excluding tert-OH is 1. The summed E-state index contributed by atoms with van der Waals surface area (Å²) in [6.45, 7) is 0.732. The van der Waals surface area contributed by atoms with Crippen LogP contribution in [0.5, 0.6) is 0 Å². The van der Waals surface area contributed by atoms with Crippen LogP contribution in [0.15, 0.2) is 24.3 Å². The fraction of sp³-hybridized carbons (Fsp3) is 0.455. The highest BCUT2D eigenvalue weighted by Gasteiger charge is 2.07. The first-order valence-electron chi connectivity index (χ1n) is 4.60. The van der Waals surface area contributed by atoms with Crippen LogP contribution in [0.1, 0.15) is 5.56 Å². The molecular weight excluding hydrogens is 200 g/mol. The van der Waals surface area contributed by atoms with Crippen LogP contribution in [-0.4, -0.2) is 25.4 Å². The quantitative estimate of drug-likeness (QED) is 0.814. The monoisotopic (exact) mass is 214 g/mol. The minimum absolute atomic E-state index is 0.149. The molecule has 1 N–H and O–H groups in total. The molecule has 0 heterocycles. The maximum atomic E-state index is 9.07. The van der Waals surface area contributed by atoms with Gasteiger partial charge in [-0.25, -0.2) is 0 Å². The third-order valence-corrected chi connectivity index (χ3v) is 2.35. The Bertz CT molecular complexity index is 258. The minimum Gasteiger partial charge on any atom is -0.396 e. The zero-order valence-electron chi connectivity index (χ0n) is 8.24. The molecule has 14 heavy (non-hydrogen) atoms. The lowest BCUT2D eigenvalue weighted by Crippen LogP contribution is -2.15. The van der Waals surface area contributed by atoms with Gasteiger partial charge in [-0.2, -0.15) is 0 Å². The van der Waals surface area contributed by atoms with Crippen molar-refractivity contribution >= 4 is 11.6 Å². The third kappa shape index (κ3) is 3.66. The van der Waals surface area contributed by atoms with E-state index in [2.05, 4.69) is 0 Å². The standard InChI is InChI=1S/C11H15ClO2/c1-14-8-10(7-13)6-9-2-4-11(12)5-3-9/h2-5,10,13H,6-8H2,1H3. The summed E-state index contributed by atoms with van der Waals surface area (Å²) in [5.41, 5.74) is 1.17. The number of ether oxygens (including phenoxy) is 1. The second-order valence-electron chi connectivity index (χ2n) is 3.33. The van der Waals surface area contributed by atoms with Crippen LogP contribution in [-0.2, 0) is 11.2 Å². The van der Waals surface area contributed by atoms with Crippen molar-refractivity contribution in [1.29, 1.82) is 0 Å². The van der Waals surface area contributed by atoms with Crippen molar-refractivity contribution in [3.63, 3.8) is 0 Å². The molecule has 1 aromatic carbocycles. The van der Waals surface area contributed by atoms with Gasteiger partial charge in [-0.15, -0.1) is 0 Å². The fourth-order valence-corrected chi connectivity index (χ4v) is 1.49. The van der Waals surface area contributed by atoms with Crippen LogP contribution in [0.4, 0.5) is 0 Å². The molecule has 0 aliphatic carbocycles. The van der Waals surface area contributed by atoms with Crippen molar-refractivity contribution in [2.75, 3.05) is 20.3 Å². The van der Waals surface area contributed by atoms with Gasteiger partial charge in [0.05, 0.1) is 6.61 Å². The van der Waals surface area contributed by atoms with Gasteiger partial charge < -0.3 is 9.84 Å². The first-order chi connectivity index (χ1) is 6.76. The van der Waals surface area contributed by atoms with E-state index < -0.39 is 0 Å². The first-order valence-corrected chi connectivity index (χ1v) is 4.98. The molecule has 0 radical (unpaired) electrons. The fourth-order valence-electron chi connectivity index (χ4n) is 1.37. The highest BCUT2D eigenvalue weighted by atomic mass is 35.5. The highest BCUT2D eigenvalue weighted by Crippen LogP contribution is 2.13. The lowest BCUT2D eigenvalue weighted by Gasteiger charge is -2.12. The predicted octanol–water partition coefficient (Wildman–Crippen LogP) is 2.14. The van der Waals surface area contributed by atoms with Gasteiger partial charge in [0.15, 0.2) is 0 Å². The van der Waals surface area contributed by atoms with Crippen molar-refractivity contribution in [3.8, 4) is 0 Å². The number of hydrogen-bond donors (Lipinski definition) is 1. The zero-order valence-corrected chi connectivity index (χ0v) is 9.00. The van der Waals surface area contributed by atoms with Gasteiger partial charge >= 0.3 is 0 Å². The number of aliphatic hydroxyl groups is 1. The van der Waals surface area contributed by atoms with E-state index in [0.29, 0.717) is 6.61 Å². The van der Waals surface area contributed by atoms with Crippen LogP contribution in [0.3, 0.4) is 0 Å². The van der Waals surface area contributed by atoms with E-state index in [4.69, 9.17) is 21.4 Å². The van der Waals surface area contributed by atoms with Gasteiger partial charge in [0.1, 0.15) is 0 Å². The molecule has 0 bridgehead atoms. The summed E-state index contributed by atoms with van der Waals surface area (Å²) >= 11 is 5.77. The van der Waals surface area contributed by atoms with Gasteiger partial charge in [-0.05, 0) is 24.1 Å². The SMILES string of the molecule is COCC(CO)Cc1ccc(Cl)cc1. The highest BCUT2D eigenvalue weighted by molar-refractivity contribution is 6.30. The number of halogens is 1. The van der Waals surface area contributed by atoms with Gasteiger partial charge in [0.2, 0.25) is 0 Å². The molecular formula is C11H15ClO2. The van der Waals surface area contributed by atoms with E-state index in [1.165, 1.54) is 5.56 Å². The summed E-state index contributed by atoms with van der Waals surface area (Å²) in [4.78, 5) is 0. The maximum absolute atomic E-state index is 9.07. The van der Waals surface area contributed by atoms with Crippen molar-refractivity contribution in [3.05, 3.63) is 34.9 Å². The van der Waals surface area contributed by atoms with Crippen molar-refractivity contribution in [2.45, 2.75) is 6.42 Å². The Morgan fingerprint density at radius 1 is 1.36 bits per heavy atom. The number of methoxy groups -OCH3 is 1. The first kappa shape index (κ1) is 11.5.